The van der Waals surface area contributed by atoms with E-state index in [9.17, 15) is 13.2 Å². The number of nitrogens with one attached hydrogen (secondary N) is 2. The molecule has 0 aliphatic carbocycles. The van der Waals surface area contributed by atoms with Crippen LogP contribution in [0.15, 0.2) is 58.9 Å². The van der Waals surface area contributed by atoms with Crippen molar-refractivity contribution in [1.29, 1.82) is 0 Å². The second-order valence-electron chi connectivity index (χ2n) is 6.67. The van der Waals surface area contributed by atoms with Gasteiger partial charge in [-0.15, -0.1) is 11.3 Å². The first-order chi connectivity index (χ1) is 14.3. The number of rotatable bonds is 8. The molecule has 3 rings (SSSR count). The summed E-state index contributed by atoms with van der Waals surface area (Å²) in [6.45, 7) is 5.81. The van der Waals surface area contributed by atoms with Gasteiger partial charge in [0.15, 0.2) is 11.2 Å². The molecule has 2 N–H and O–H groups in total. The van der Waals surface area contributed by atoms with Gasteiger partial charge in [-0.1, -0.05) is 19.1 Å². The van der Waals surface area contributed by atoms with Gasteiger partial charge in [-0.3, -0.25) is 9.52 Å². The highest BCUT2D eigenvalue weighted by atomic mass is 32.2. The van der Waals surface area contributed by atoms with Crippen LogP contribution >= 0.6 is 11.3 Å². The number of nitrogens with zero attached hydrogens (tertiary/aromatic N) is 1. The highest BCUT2D eigenvalue weighted by Gasteiger charge is 2.20. The second-order valence-corrected chi connectivity index (χ2v) is 9.25. The summed E-state index contributed by atoms with van der Waals surface area (Å²) in [7, 11) is -3.74. The molecule has 0 saturated heterocycles. The van der Waals surface area contributed by atoms with E-state index in [0.717, 1.165) is 11.1 Å². The van der Waals surface area contributed by atoms with Crippen LogP contribution in [-0.4, -0.2) is 25.4 Å². The van der Waals surface area contributed by atoms with Crippen LogP contribution in [0.3, 0.4) is 0 Å². The van der Waals surface area contributed by atoms with Crippen molar-refractivity contribution in [2.45, 2.75) is 38.2 Å². The van der Waals surface area contributed by atoms with Gasteiger partial charge in [-0.2, -0.15) is 0 Å². The van der Waals surface area contributed by atoms with Gasteiger partial charge in [0.25, 0.3) is 15.9 Å². The van der Waals surface area contributed by atoms with E-state index >= 15 is 0 Å². The summed E-state index contributed by atoms with van der Waals surface area (Å²) >= 11 is 1.19. The maximum Gasteiger partial charge on any atom is 0.265 e. The molecule has 2 aromatic carbocycles. The van der Waals surface area contributed by atoms with Gasteiger partial charge in [-0.25, -0.2) is 13.4 Å². The molecule has 1 aromatic heterocycles. The van der Waals surface area contributed by atoms with Crippen LogP contribution in [0.4, 0.5) is 10.8 Å². The molecule has 0 spiro atoms. The van der Waals surface area contributed by atoms with E-state index in [1.807, 2.05) is 39.0 Å². The molecule has 7 nitrogen and oxygen atoms in total. The first kappa shape index (κ1) is 21.8. The maximum atomic E-state index is 12.7. The van der Waals surface area contributed by atoms with Gasteiger partial charge in [0.2, 0.25) is 0 Å². The molecule has 3 aromatic rings. The standard InChI is InChI=1S/C21H23N3O4S2/c1-4-18(28-19-7-5-6-14(2)15(19)3)20(25)23-16-8-10-17(11-9-16)30(26,27)24-21-22-12-13-29-21/h5-13,18H,4H2,1-3H3,(H,22,24)(H,23,25)/t18-/m1/s1. The maximum absolute atomic E-state index is 12.7. The minimum absolute atomic E-state index is 0.0781. The molecular formula is C21H23N3O4S2. The first-order valence-electron chi connectivity index (χ1n) is 9.36. The number of anilines is 2. The van der Waals surface area contributed by atoms with Crippen molar-refractivity contribution < 1.29 is 17.9 Å². The molecule has 0 aliphatic heterocycles. The van der Waals surface area contributed by atoms with Crippen LogP contribution in [0.25, 0.3) is 0 Å². The molecule has 30 heavy (non-hydrogen) atoms. The van der Waals surface area contributed by atoms with E-state index in [1.165, 1.54) is 29.7 Å². The average Bonchev–Trinajstić information content (AvgIpc) is 3.21. The number of sulfonamides is 1. The van der Waals surface area contributed by atoms with Crippen molar-refractivity contribution >= 4 is 38.1 Å². The van der Waals surface area contributed by atoms with Crippen molar-refractivity contribution in [1.82, 2.24) is 4.98 Å². The summed E-state index contributed by atoms with van der Waals surface area (Å²) in [5.74, 6) is 0.377. The number of ether oxygens (including phenoxy) is 1. The largest absolute Gasteiger partial charge is 0.480 e. The number of hydrogen-bond donors (Lipinski definition) is 2. The van der Waals surface area contributed by atoms with Crippen LogP contribution in [0.5, 0.6) is 5.75 Å². The number of aryl methyl sites for hydroxylation is 1. The number of aromatic nitrogens is 1. The van der Waals surface area contributed by atoms with Crippen LogP contribution < -0.4 is 14.8 Å². The Balaban J connectivity index is 1.67. The number of thiazole rings is 1. The Hall–Kier alpha value is -2.91. The van der Waals surface area contributed by atoms with E-state index in [1.54, 1.807) is 17.5 Å². The Labute approximate surface area is 180 Å². The molecule has 9 heteroatoms. The Kier molecular flexibility index (Phi) is 6.73. The summed E-state index contributed by atoms with van der Waals surface area (Å²) in [4.78, 5) is 16.7. The number of carbonyl (C=O) groups is 1. The minimum atomic E-state index is -3.74. The fourth-order valence-electron chi connectivity index (χ4n) is 2.72. The second kappa shape index (κ2) is 9.27. The normalized spacial score (nSPS) is 12.2. The average molecular weight is 446 g/mol. The van der Waals surface area contributed by atoms with Crippen LogP contribution in [0, 0.1) is 13.8 Å². The Morgan fingerprint density at radius 2 is 1.90 bits per heavy atom. The molecule has 1 atom stereocenters. The van der Waals surface area contributed by atoms with E-state index in [0.29, 0.717) is 23.0 Å². The lowest BCUT2D eigenvalue weighted by atomic mass is 10.1. The summed E-state index contributed by atoms with van der Waals surface area (Å²) in [6, 6.07) is 11.7. The van der Waals surface area contributed by atoms with Crippen LogP contribution in [0.2, 0.25) is 0 Å². The molecular weight excluding hydrogens is 422 g/mol. The van der Waals surface area contributed by atoms with Crippen molar-refractivity contribution in [2.75, 3.05) is 10.0 Å². The van der Waals surface area contributed by atoms with E-state index in [2.05, 4.69) is 15.0 Å². The zero-order chi connectivity index (χ0) is 21.7. The predicted molar refractivity (Wildman–Crippen MR) is 119 cm³/mol. The Bertz CT molecular complexity index is 1110. The van der Waals surface area contributed by atoms with E-state index in [-0.39, 0.29) is 10.8 Å². The lowest BCUT2D eigenvalue weighted by Gasteiger charge is -2.19. The summed E-state index contributed by atoms with van der Waals surface area (Å²) in [5, 5.41) is 4.76. The van der Waals surface area contributed by atoms with Gasteiger partial charge in [0, 0.05) is 17.3 Å². The molecule has 1 amide bonds. The lowest BCUT2D eigenvalue weighted by Crippen LogP contribution is -2.32. The molecule has 0 saturated carbocycles. The third-order valence-electron chi connectivity index (χ3n) is 4.57. The minimum Gasteiger partial charge on any atom is -0.480 e. The van der Waals surface area contributed by atoms with Gasteiger partial charge < -0.3 is 10.1 Å². The van der Waals surface area contributed by atoms with Crippen molar-refractivity contribution in [3.05, 3.63) is 65.2 Å². The van der Waals surface area contributed by atoms with E-state index < -0.39 is 16.1 Å². The van der Waals surface area contributed by atoms with Gasteiger partial charge in [0.05, 0.1) is 4.90 Å². The molecule has 0 aliphatic rings. The number of benzene rings is 2. The van der Waals surface area contributed by atoms with Gasteiger partial charge >= 0.3 is 0 Å². The molecule has 0 unspecified atom stereocenters. The fourth-order valence-corrected chi connectivity index (χ4v) is 4.50. The zero-order valence-corrected chi connectivity index (χ0v) is 18.5. The third kappa shape index (κ3) is 5.17. The molecule has 1 heterocycles. The highest BCUT2D eigenvalue weighted by molar-refractivity contribution is 7.93. The smallest absolute Gasteiger partial charge is 0.265 e. The number of carbonyl (C=O) groups excluding carboxylic acids is 1. The molecule has 0 bridgehead atoms. The number of hydrogen-bond acceptors (Lipinski definition) is 6. The molecule has 0 radical (unpaired) electrons. The topological polar surface area (TPSA) is 97.4 Å². The molecule has 0 fully saturated rings. The van der Waals surface area contributed by atoms with Gasteiger partial charge in [0.1, 0.15) is 5.75 Å². The summed E-state index contributed by atoms with van der Waals surface area (Å²) in [6.07, 6.45) is 1.34. The third-order valence-corrected chi connectivity index (χ3v) is 6.75. The number of amides is 1. The zero-order valence-electron chi connectivity index (χ0n) is 16.9. The summed E-state index contributed by atoms with van der Waals surface area (Å²) in [5.41, 5.74) is 2.56. The first-order valence-corrected chi connectivity index (χ1v) is 11.7. The highest BCUT2D eigenvalue weighted by Crippen LogP contribution is 2.23. The Morgan fingerprint density at radius 1 is 1.17 bits per heavy atom. The van der Waals surface area contributed by atoms with Crippen molar-refractivity contribution in [3.63, 3.8) is 0 Å². The van der Waals surface area contributed by atoms with Crippen molar-refractivity contribution in [3.8, 4) is 5.75 Å². The van der Waals surface area contributed by atoms with Crippen molar-refractivity contribution in [2.24, 2.45) is 0 Å². The molecule has 158 valence electrons. The van der Waals surface area contributed by atoms with E-state index in [4.69, 9.17) is 4.74 Å². The lowest BCUT2D eigenvalue weighted by molar-refractivity contribution is -0.122. The predicted octanol–water partition coefficient (Wildman–Crippen LogP) is 4.36. The van der Waals surface area contributed by atoms with Crippen LogP contribution in [-0.2, 0) is 14.8 Å². The SMILES string of the molecule is CC[C@@H](Oc1cccc(C)c1C)C(=O)Nc1ccc(S(=O)(=O)Nc2nccs2)cc1. The fraction of sp³-hybridized carbons (Fsp3) is 0.238. The quantitative estimate of drug-likeness (QED) is 0.537. The monoisotopic (exact) mass is 445 g/mol. The summed E-state index contributed by atoms with van der Waals surface area (Å²) < 4.78 is 33.1. The Morgan fingerprint density at radius 3 is 2.53 bits per heavy atom. The van der Waals surface area contributed by atoms with Crippen LogP contribution in [0.1, 0.15) is 24.5 Å². The van der Waals surface area contributed by atoms with Gasteiger partial charge in [-0.05, 0) is 61.7 Å².